The monoisotopic (exact) mass is 348 g/mol. The molecule has 4 aromatic rings. The zero-order valence-corrected chi connectivity index (χ0v) is 14.2. The van der Waals surface area contributed by atoms with Crippen molar-refractivity contribution < 1.29 is 9.47 Å². The molecule has 8 heteroatoms. The predicted octanol–water partition coefficient (Wildman–Crippen LogP) is 2.97. The minimum absolute atomic E-state index is 0.294. The van der Waals surface area contributed by atoms with Crippen molar-refractivity contribution in [1.82, 2.24) is 20.2 Å². The highest BCUT2D eigenvalue weighted by molar-refractivity contribution is 6.03. The van der Waals surface area contributed by atoms with Crippen molar-refractivity contribution >= 4 is 34.2 Å². The standard InChI is InChI=1S/C18H16N6O2/c1-25-14-9-5-6-11(16(14)26-2)10-19-23-18-21-17-15(22-24-18)12-7-3-4-8-13(12)20-17/h3-10H,1-2H3,(H2,20,21,23,24)/b19-10-. The molecular formula is C18H16N6O2. The first kappa shape index (κ1) is 15.8. The molecule has 2 aromatic heterocycles. The first-order valence-corrected chi connectivity index (χ1v) is 7.91. The third kappa shape index (κ3) is 2.77. The minimum Gasteiger partial charge on any atom is -0.493 e. The van der Waals surface area contributed by atoms with Gasteiger partial charge in [0.1, 0.15) is 5.52 Å². The molecule has 0 amide bonds. The van der Waals surface area contributed by atoms with Crippen molar-refractivity contribution in [2.75, 3.05) is 19.6 Å². The number of ether oxygens (including phenoxy) is 2. The third-order valence-electron chi connectivity index (χ3n) is 3.92. The molecule has 130 valence electrons. The van der Waals surface area contributed by atoms with Gasteiger partial charge in [-0.2, -0.15) is 10.1 Å². The number of rotatable bonds is 5. The Bertz CT molecular complexity index is 1110. The molecule has 2 N–H and O–H groups in total. The molecule has 8 nitrogen and oxygen atoms in total. The van der Waals surface area contributed by atoms with Crippen molar-refractivity contribution in [3.05, 3.63) is 48.0 Å². The Kier molecular flexibility index (Phi) is 4.06. The number of nitrogens with one attached hydrogen (secondary N) is 2. The number of fused-ring (bicyclic) bond motifs is 3. The molecule has 0 radical (unpaired) electrons. The molecule has 0 saturated carbocycles. The van der Waals surface area contributed by atoms with Crippen molar-refractivity contribution in [1.29, 1.82) is 0 Å². The van der Waals surface area contributed by atoms with Crippen LogP contribution in [-0.4, -0.2) is 40.6 Å². The van der Waals surface area contributed by atoms with E-state index in [2.05, 4.69) is 30.7 Å². The summed E-state index contributed by atoms with van der Waals surface area (Å²) in [5.74, 6) is 1.53. The van der Waals surface area contributed by atoms with Crippen LogP contribution in [0.25, 0.3) is 22.1 Å². The molecule has 2 aromatic carbocycles. The van der Waals surface area contributed by atoms with Gasteiger partial charge in [0, 0.05) is 16.5 Å². The fourth-order valence-corrected chi connectivity index (χ4v) is 2.74. The molecule has 0 atom stereocenters. The lowest BCUT2D eigenvalue weighted by Gasteiger charge is -2.09. The fraction of sp³-hybridized carbons (Fsp3) is 0.111. The first-order valence-electron chi connectivity index (χ1n) is 7.91. The van der Waals surface area contributed by atoms with Crippen LogP contribution in [-0.2, 0) is 0 Å². The number of H-pyrrole nitrogens is 1. The number of aromatic amines is 1. The maximum absolute atomic E-state index is 5.37. The van der Waals surface area contributed by atoms with Gasteiger partial charge in [0.05, 0.1) is 20.4 Å². The van der Waals surface area contributed by atoms with E-state index in [-0.39, 0.29) is 0 Å². The van der Waals surface area contributed by atoms with Crippen molar-refractivity contribution in [3.8, 4) is 11.5 Å². The Hall–Kier alpha value is -3.68. The minimum atomic E-state index is 0.294. The largest absolute Gasteiger partial charge is 0.493 e. The molecular weight excluding hydrogens is 332 g/mol. The lowest BCUT2D eigenvalue weighted by molar-refractivity contribution is 0.354. The molecule has 0 aliphatic heterocycles. The third-order valence-corrected chi connectivity index (χ3v) is 3.92. The summed E-state index contributed by atoms with van der Waals surface area (Å²) in [5, 5.41) is 13.5. The number of anilines is 1. The second-order valence-corrected chi connectivity index (χ2v) is 5.46. The molecule has 0 fully saturated rings. The molecule has 0 aliphatic rings. The summed E-state index contributed by atoms with van der Waals surface area (Å²) >= 11 is 0. The average molecular weight is 348 g/mol. The van der Waals surface area contributed by atoms with Crippen LogP contribution >= 0.6 is 0 Å². The van der Waals surface area contributed by atoms with Crippen LogP contribution in [0.2, 0.25) is 0 Å². The van der Waals surface area contributed by atoms with E-state index in [1.807, 2.05) is 42.5 Å². The SMILES string of the molecule is COc1cccc(/C=N\Nc2nnc3c(n2)[nH]c2ccccc23)c1OC. The fourth-order valence-electron chi connectivity index (χ4n) is 2.74. The molecule has 0 aliphatic carbocycles. The van der Waals surface area contributed by atoms with Crippen LogP contribution in [0.5, 0.6) is 11.5 Å². The van der Waals surface area contributed by atoms with E-state index in [0.717, 1.165) is 22.0 Å². The summed E-state index contributed by atoms with van der Waals surface area (Å²) in [6.45, 7) is 0. The highest BCUT2D eigenvalue weighted by Crippen LogP contribution is 2.29. The number of para-hydroxylation sites is 2. The highest BCUT2D eigenvalue weighted by Gasteiger charge is 2.09. The molecule has 26 heavy (non-hydrogen) atoms. The van der Waals surface area contributed by atoms with Gasteiger partial charge in [0.15, 0.2) is 17.1 Å². The summed E-state index contributed by atoms with van der Waals surface area (Å²) in [6, 6.07) is 13.4. The Morgan fingerprint density at radius 3 is 2.77 bits per heavy atom. The Morgan fingerprint density at radius 1 is 1.04 bits per heavy atom. The number of benzene rings is 2. The molecule has 4 rings (SSSR count). The zero-order valence-electron chi connectivity index (χ0n) is 14.2. The second-order valence-electron chi connectivity index (χ2n) is 5.46. The van der Waals surface area contributed by atoms with E-state index in [9.17, 15) is 0 Å². The van der Waals surface area contributed by atoms with E-state index in [0.29, 0.717) is 23.1 Å². The number of methoxy groups -OCH3 is 2. The molecule has 0 spiro atoms. The van der Waals surface area contributed by atoms with Crippen LogP contribution in [0.3, 0.4) is 0 Å². The summed E-state index contributed by atoms with van der Waals surface area (Å²) < 4.78 is 10.6. The number of hydrazone groups is 1. The van der Waals surface area contributed by atoms with Gasteiger partial charge >= 0.3 is 0 Å². The summed E-state index contributed by atoms with van der Waals surface area (Å²) in [7, 11) is 3.17. The van der Waals surface area contributed by atoms with Crippen LogP contribution in [0.15, 0.2) is 47.6 Å². The number of aromatic nitrogens is 4. The second kappa shape index (κ2) is 6.67. The normalized spacial score (nSPS) is 11.3. The average Bonchev–Trinajstić information content (AvgIpc) is 3.05. The van der Waals surface area contributed by atoms with Gasteiger partial charge in [-0.05, 0) is 18.2 Å². The number of nitrogens with zero attached hydrogens (tertiary/aromatic N) is 4. The van der Waals surface area contributed by atoms with Gasteiger partial charge in [0.25, 0.3) is 5.95 Å². The van der Waals surface area contributed by atoms with Gasteiger partial charge in [-0.1, -0.05) is 24.3 Å². The van der Waals surface area contributed by atoms with E-state index < -0.39 is 0 Å². The molecule has 0 unspecified atom stereocenters. The molecule has 0 bridgehead atoms. The summed E-state index contributed by atoms with van der Waals surface area (Å²) in [4.78, 5) is 7.63. The quantitative estimate of drug-likeness (QED) is 0.425. The van der Waals surface area contributed by atoms with Gasteiger partial charge in [0.2, 0.25) is 0 Å². The van der Waals surface area contributed by atoms with Crippen LogP contribution < -0.4 is 14.9 Å². The van der Waals surface area contributed by atoms with Gasteiger partial charge < -0.3 is 14.5 Å². The Morgan fingerprint density at radius 2 is 1.92 bits per heavy atom. The van der Waals surface area contributed by atoms with E-state index in [1.165, 1.54) is 0 Å². The number of hydrogen-bond donors (Lipinski definition) is 2. The summed E-state index contributed by atoms with van der Waals surface area (Å²) in [5.41, 5.74) is 5.89. The Balaban J connectivity index is 1.60. The highest BCUT2D eigenvalue weighted by atomic mass is 16.5. The van der Waals surface area contributed by atoms with Crippen LogP contribution in [0.1, 0.15) is 5.56 Å². The first-order chi connectivity index (χ1) is 12.8. The van der Waals surface area contributed by atoms with E-state index in [4.69, 9.17) is 9.47 Å². The zero-order chi connectivity index (χ0) is 17.9. The molecule has 2 heterocycles. The smallest absolute Gasteiger partial charge is 0.265 e. The predicted molar refractivity (Wildman–Crippen MR) is 100.0 cm³/mol. The van der Waals surface area contributed by atoms with Crippen molar-refractivity contribution in [3.63, 3.8) is 0 Å². The van der Waals surface area contributed by atoms with E-state index >= 15 is 0 Å². The topological polar surface area (TPSA) is 97.3 Å². The van der Waals surface area contributed by atoms with Crippen molar-refractivity contribution in [2.24, 2.45) is 5.10 Å². The number of hydrogen-bond acceptors (Lipinski definition) is 7. The molecule has 0 saturated heterocycles. The van der Waals surface area contributed by atoms with Gasteiger partial charge in [-0.15, -0.1) is 10.2 Å². The summed E-state index contributed by atoms with van der Waals surface area (Å²) in [6.07, 6.45) is 1.61. The van der Waals surface area contributed by atoms with Gasteiger partial charge in [-0.3, -0.25) is 0 Å². The Labute approximate surface area is 148 Å². The lowest BCUT2D eigenvalue weighted by atomic mass is 10.2. The van der Waals surface area contributed by atoms with Gasteiger partial charge in [-0.25, -0.2) is 5.43 Å². The maximum Gasteiger partial charge on any atom is 0.265 e. The lowest BCUT2D eigenvalue weighted by Crippen LogP contribution is -2.00. The van der Waals surface area contributed by atoms with Crippen LogP contribution in [0.4, 0.5) is 5.95 Å². The maximum atomic E-state index is 5.37. The van der Waals surface area contributed by atoms with Crippen LogP contribution in [0, 0.1) is 0 Å². The van der Waals surface area contributed by atoms with Crippen molar-refractivity contribution in [2.45, 2.75) is 0 Å². The van der Waals surface area contributed by atoms with E-state index in [1.54, 1.807) is 20.4 Å².